The fraction of sp³-hybridized carbons (Fsp3) is 0.462. The third-order valence-corrected chi connectivity index (χ3v) is 2.90. The van der Waals surface area contributed by atoms with Crippen molar-refractivity contribution in [1.29, 1.82) is 0 Å². The highest BCUT2D eigenvalue weighted by Crippen LogP contribution is 2.17. The highest BCUT2D eigenvalue weighted by Gasteiger charge is 2.08. The van der Waals surface area contributed by atoms with Crippen molar-refractivity contribution in [3.8, 4) is 0 Å². The van der Waals surface area contributed by atoms with E-state index in [9.17, 15) is 8.78 Å². The number of nitrogens with one attached hydrogen (secondary N) is 1. The van der Waals surface area contributed by atoms with Gasteiger partial charge in [-0.3, -0.25) is 0 Å². The summed E-state index contributed by atoms with van der Waals surface area (Å²) < 4.78 is 28.0. The normalized spacial score (nSPS) is 11.3. The molecule has 3 nitrogen and oxygen atoms in total. The lowest BCUT2D eigenvalue weighted by molar-refractivity contribution is 0.510. The third-order valence-electron chi connectivity index (χ3n) is 2.90. The van der Waals surface area contributed by atoms with E-state index in [1.54, 1.807) is 6.33 Å². The van der Waals surface area contributed by atoms with Gasteiger partial charge in [0.1, 0.15) is 0 Å². The SMILES string of the molecule is CCCCNCCn1cnc2cc(F)c(F)cc21. The zero-order valence-electron chi connectivity index (χ0n) is 10.4. The number of benzene rings is 1. The van der Waals surface area contributed by atoms with E-state index in [2.05, 4.69) is 17.2 Å². The predicted octanol–water partition coefficient (Wildman–Crippen LogP) is 2.70. The fourth-order valence-corrected chi connectivity index (χ4v) is 1.86. The number of hydrogen-bond acceptors (Lipinski definition) is 2. The van der Waals surface area contributed by atoms with Gasteiger partial charge in [-0.05, 0) is 13.0 Å². The van der Waals surface area contributed by atoms with Crippen molar-refractivity contribution in [3.63, 3.8) is 0 Å². The van der Waals surface area contributed by atoms with Crippen molar-refractivity contribution in [3.05, 3.63) is 30.1 Å². The number of nitrogens with zero attached hydrogens (tertiary/aromatic N) is 2. The van der Waals surface area contributed by atoms with Crippen molar-refractivity contribution >= 4 is 11.0 Å². The van der Waals surface area contributed by atoms with Crippen molar-refractivity contribution in [2.75, 3.05) is 13.1 Å². The van der Waals surface area contributed by atoms with Crippen LogP contribution in [0, 0.1) is 11.6 Å². The number of fused-ring (bicyclic) bond motifs is 1. The van der Waals surface area contributed by atoms with Crippen LogP contribution in [0.3, 0.4) is 0 Å². The Morgan fingerprint density at radius 3 is 2.78 bits per heavy atom. The molecule has 0 aliphatic carbocycles. The maximum absolute atomic E-state index is 13.2. The summed E-state index contributed by atoms with van der Waals surface area (Å²) in [5.41, 5.74) is 1.12. The standard InChI is InChI=1S/C13H17F2N3/c1-2-3-4-16-5-6-18-9-17-12-7-10(14)11(15)8-13(12)18/h7-9,16H,2-6H2,1H3. The Morgan fingerprint density at radius 2 is 2.00 bits per heavy atom. The summed E-state index contributed by atoms with van der Waals surface area (Å²) in [5.74, 6) is -1.68. The maximum atomic E-state index is 13.2. The molecule has 0 radical (unpaired) electrons. The Kier molecular flexibility index (Phi) is 4.25. The van der Waals surface area contributed by atoms with Crippen LogP contribution in [-0.2, 0) is 6.54 Å². The van der Waals surface area contributed by atoms with Crippen LogP contribution in [0.1, 0.15) is 19.8 Å². The molecular weight excluding hydrogens is 236 g/mol. The van der Waals surface area contributed by atoms with Gasteiger partial charge in [-0.2, -0.15) is 0 Å². The van der Waals surface area contributed by atoms with Gasteiger partial charge in [0.05, 0.1) is 17.4 Å². The van der Waals surface area contributed by atoms with Crippen LogP contribution in [0.5, 0.6) is 0 Å². The number of halogens is 2. The van der Waals surface area contributed by atoms with Crippen LogP contribution >= 0.6 is 0 Å². The Bertz CT molecular complexity index is 522. The Hall–Kier alpha value is -1.49. The first-order valence-corrected chi connectivity index (χ1v) is 6.23. The quantitative estimate of drug-likeness (QED) is 0.802. The highest BCUT2D eigenvalue weighted by atomic mass is 19.2. The van der Waals surface area contributed by atoms with Gasteiger partial charge in [0, 0.05) is 25.2 Å². The maximum Gasteiger partial charge on any atom is 0.161 e. The molecule has 2 rings (SSSR count). The Morgan fingerprint density at radius 1 is 1.22 bits per heavy atom. The number of unbranched alkanes of at least 4 members (excludes halogenated alkanes) is 1. The summed E-state index contributed by atoms with van der Waals surface area (Å²) in [5, 5.41) is 3.30. The molecule has 18 heavy (non-hydrogen) atoms. The molecule has 0 unspecified atom stereocenters. The topological polar surface area (TPSA) is 29.9 Å². The van der Waals surface area contributed by atoms with Gasteiger partial charge in [0.2, 0.25) is 0 Å². The fourth-order valence-electron chi connectivity index (χ4n) is 1.86. The molecule has 0 aliphatic rings. The summed E-state index contributed by atoms with van der Waals surface area (Å²) in [6.07, 6.45) is 3.92. The zero-order chi connectivity index (χ0) is 13.0. The van der Waals surface area contributed by atoms with E-state index in [-0.39, 0.29) is 0 Å². The molecule has 0 fully saturated rings. The number of rotatable bonds is 6. The molecule has 1 aromatic carbocycles. The van der Waals surface area contributed by atoms with Crippen LogP contribution in [0.15, 0.2) is 18.5 Å². The van der Waals surface area contributed by atoms with Gasteiger partial charge >= 0.3 is 0 Å². The first-order chi connectivity index (χ1) is 8.72. The highest BCUT2D eigenvalue weighted by molar-refractivity contribution is 5.75. The van der Waals surface area contributed by atoms with Crippen molar-refractivity contribution in [2.45, 2.75) is 26.3 Å². The van der Waals surface area contributed by atoms with Crippen LogP contribution in [-0.4, -0.2) is 22.6 Å². The molecule has 0 atom stereocenters. The van der Waals surface area contributed by atoms with Crippen LogP contribution in [0.4, 0.5) is 8.78 Å². The molecule has 5 heteroatoms. The second-order valence-electron chi connectivity index (χ2n) is 4.30. The summed E-state index contributed by atoms with van der Waals surface area (Å²) in [6, 6.07) is 2.33. The van der Waals surface area contributed by atoms with Crippen LogP contribution in [0.25, 0.3) is 11.0 Å². The van der Waals surface area contributed by atoms with Gasteiger partial charge in [0.15, 0.2) is 11.6 Å². The van der Waals surface area contributed by atoms with E-state index in [0.717, 1.165) is 32.0 Å². The van der Waals surface area contributed by atoms with E-state index < -0.39 is 11.6 Å². The van der Waals surface area contributed by atoms with E-state index in [0.29, 0.717) is 17.6 Å². The van der Waals surface area contributed by atoms with Crippen molar-refractivity contribution in [1.82, 2.24) is 14.9 Å². The first kappa shape index (κ1) is 13.0. The van der Waals surface area contributed by atoms with E-state index in [1.807, 2.05) is 4.57 Å². The van der Waals surface area contributed by atoms with Gasteiger partial charge in [-0.25, -0.2) is 13.8 Å². The van der Waals surface area contributed by atoms with Gasteiger partial charge in [-0.15, -0.1) is 0 Å². The number of hydrogen-bond donors (Lipinski definition) is 1. The monoisotopic (exact) mass is 253 g/mol. The Labute approximate surface area is 105 Å². The lowest BCUT2D eigenvalue weighted by Gasteiger charge is -2.06. The largest absolute Gasteiger partial charge is 0.329 e. The van der Waals surface area contributed by atoms with Crippen molar-refractivity contribution in [2.24, 2.45) is 0 Å². The summed E-state index contributed by atoms with van der Waals surface area (Å²) >= 11 is 0. The summed E-state index contributed by atoms with van der Waals surface area (Å²) in [6.45, 7) is 4.62. The molecule has 98 valence electrons. The molecular formula is C13H17F2N3. The summed E-state index contributed by atoms with van der Waals surface area (Å²) in [7, 11) is 0. The number of imidazole rings is 1. The second-order valence-corrected chi connectivity index (χ2v) is 4.30. The molecule has 1 N–H and O–H groups in total. The summed E-state index contributed by atoms with van der Waals surface area (Å²) in [4.78, 5) is 4.06. The molecule has 1 aromatic heterocycles. The van der Waals surface area contributed by atoms with Gasteiger partial charge in [0.25, 0.3) is 0 Å². The first-order valence-electron chi connectivity index (χ1n) is 6.23. The van der Waals surface area contributed by atoms with Crippen molar-refractivity contribution < 1.29 is 8.78 Å². The smallest absolute Gasteiger partial charge is 0.161 e. The van der Waals surface area contributed by atoms with E-state index in [4.69, 9.17) is 0 Å². The average Bonchev–Trinajstić information content (AvgIpc) is 2.72. The molecule has 1 heterocycles. The predicted molar refractivity (Wildman–Crippen MR) is 67.4 cm³/mol. The minimum Gasteiger partial charge on any atom is -0.329 e. The second kappa shape index (κ2) is 5.91. The molecule has 2 aromatic rings. The minimum atomic E-state index is -0.853. The zero-order valence-corrected chi connectivity index (χ0v) is 10.4. The third kappa shape index (κ3) is 2.85. The minimum absolute atomic E-state index is 0.488. The Balaban J connectivity index is 2.03. The lowest BCUT2D eigenvalue weighted by Crippen LogP contribution is -2.20. The lowest BCUT2D eigenvalue weighted by atomic mass is 10.3. The molecule has 0 saturated carbocycles. The van der Waals surface area contributed by atoms with Crippen LogP contribution < -0.4 is 5.32 Å². The van der Waals surface area contributed by atoms with E-state index >= 15 is 0 Å². The number of aromatic nitrogens is 2. The average molecular weight is 253 g/mol. The molecule has 0 saturated heterocycles. The molecule has 0 spiro atoms. The molecule has 0 aliphatic heterocycles. The molecule has 0 amide bonds. The van der Waals surface area contributed by atoms with E-state index in [1.165, 1.54) is 6.07 Å². The van der Waals surface area contributed by atoms with Gasteiger partial charge < -0.3 is 9.88 Å². The van der Waals surface area contributed by atoms with Crippen LogP contribution in [0.2, 0.25) is 0 Å². The molecule has 0 bridgehead atoms. The van der Waals surface area contributed by atoms with Gasteiger partial charge in [-0.1, -0.05) is 13.3 Å².